The maximum Gasteiger partial charge on any atom is 0.181 e. The van der Waals surface area contributed by atoms with Crippen molar-refractivity contribution in [2.75, 3.05) is 11.9 Å². The maximum absolute atomic E-state index is 5.26. The van der Waals surface area contributed by atoms with Crippen LogP contribution in [0.4, 0.5) is 5.69 Å². The molecule has 1 aromatic carbocycles. The van der Waals surface area contributed by atoms with Gasteiger partial charge in [0, 0.05) is 17.8 Å². The Hall–Kier alpha value is -1.77. The van der Waals surface area contributed by atoms with E-state index in [4.69, 9.17) is 4.42 Å². The third-order valence-corrected chi connectivity index (χ3v) is 2.29. The lowest BCUT2D eigenvalue weighted by atomic mass is 10.1. The van der Waals surface area contributed by atoms with E-state index in [9.17, 15) is 0 Å². The lowest BCUT2D eigenvalue weighted by Crippen LogP contribution is -2.07. The number of anilines is 1. The molecule has 0 amide bonds. The molecule has 0 aliphatic heterocycles. The van der Waals surface area contributed by atoms with Gasteiger partial charge >= 0.3 is 0 Å². The lowest BCUT2D eigenvalue weighted by Gasteiger charge is -2.09. The van der Waals surface area contributed by atoms with Gasteiger partial charge in [-0.15, -0.1) is 0 Å². The second kappa shape index (κ2) is 4.84. The summed E-state index contributed by atoms with van der Waals surface area (Å²) in [6.45, 7) is 5.35. The van der Waals surface area contributed by atoms with Gasteiger partial charge < -0.3 is 9.73 Å². The van der Waals surface area contributed by atoms with Crippen LogP contribution in [0.5, 0.6) is 0 Å². The Labute approximate surface area is 95.5 Å². The topological polar surface area (TPSA) is 38.1 Å². The van der Waals surface area contributed by atoms with Crippen molar-refractivity contribution in [3.8, 4) is 11.3 Å². The Morgan fingerprint density at radius 1 is 1.38 bits per heavy atom. The van der Waals surface area contributed by atoms with Crippen LogP contribution >= 0.6 is 0 Å². The largest absolute Gasteiger partial charge is 0.444 e. The molecule has 1 heterocycles. The van der Waals surface area contributed by atoms with E-state index in [1.54, 1.807) is 6.20 Å². The van der Waals surface area contributed by atoms with E-state index in [1.165, 1.54) is 6.39 Å². The van der Waals surface area contributed by atoms with Gasteiger partial charge in [-0.3, -0.25) is 0 Å². The highest BCUT2D eigenvalue weighted by Crippen LogP contribution is 2.22. The molecule has 0 fully saturated rings. The molecule has 2 rings (SSSR count). The maximum atomic E-state index is 5.26. The van der Waals surface area contributed by atoms with Crippen molar-refractivity contribution >= 4 is 5.69 Å². The first-order valence-corrected chi connectivity index (χ1v) is 5.48. The van der Waals surface area contributed by atoms with Crippen LogP contribution in [0.1, 0.15) is 13.8 Å². The average molecular weight is 216 g/mol. The normalized spacial score (nSPS) is 10.7. The SMILES string of the molecule is CC(C)CNc1cccc(-c2cnco2)c1. The third kappa shape index (κ3) is 2.63. The van der Waals surface area contributed by atoms with Crippen LogP contribution in [-0.2, 0) is 0 Å². The molecule has 1 aromatic heterocycles. The molecule has 0 bridgehead atoms. The third-order valence-electron chi connectivity index (χ3n) is 2.29. The summed E-state index contributed by atoms with van der Waals surface area (Å²) >= 11 is 0. The van der Waals surface area contributed by atoms with Gasteiger partial charge in [0.1, 0.15) is 0 Å². The molecule has 0 saturated heterocycles. The number of rotatable bonds is 4. The molecule has 0 atom stereocenters. The summed E-state index contributed by atoms with van der Waals surface area (Å²) in [7, 11) is 0. The summed E-state index contributed by atoms with van der Waals surface area (Å²) in [6.07, 6.45) is 3.17. The molecule has 0 radical (unpaired) electrons. The molecule has 0 saturated carbocycles. The Bertz CT molecular complexity index is 435. The first-order chi connectivity index (χ1) is 7.75. The van der Waals surface area contributed by atoms with Crippen LogP contribution in [0.25, 0.3) is 11.3 Å². The number of oxazole rings is 1. The van der Waals surface area contributed by atoms with E-state index in [-0.39, 0.29) is 0 Å². The second-order valence-electron chi connectivity index (χ2n) is 4.22. The Balaban J connectivity index is 2.14. The van der Waals surface area contributed by atoms with Crippen molar-refractivity contribution in [3.05, 3.63) is 36.9 Å². The number of benzene rings is 1. The van der Waals surface area contributed by atoms with Gasteiger partial charge in [0.2, 0.25) is 0 Å². The van der Waals surface area contributed by atoms with Crippen molar-refractivity contribution in [2.24, 2.45) is 5.92 Å². The first-order valence-electron chi connectivity index (χ1n) is 5.48. The fraction of sp³-hybridized carbons (Fsp3) is 0.308. The molecular weight excluding hydrogens is 200 g/mol. The highest BCUT2D eigenvalue weighted by molar-refractivity contribution is 5.63. The molecule has 16 heavy (non-hydrogen) atoms. The minimum atomic E-state index is 0.633. The van der Waals surface area contributed by atoms with Crippen molar-refractivity contribution in [1.82, 2.24) is 4.98 Å². The van der Waals surface area contributed by atoms with Crippen LogP contribution in [0, 0.1) is 5.92 Å². The highest BCUT2D eigenvalue weighted by Gasteiger charge is 2.02. The zero-order chi connectivity index (χ0) is 11.4. The second-order valence-corrected chi connectivity index (χ2v) is 4.22. The average Bonchev–Trinajstić information content (AvgIpc) is 2.80. The zero-order valence-electron chi connectivity index (χ0n) is 9.60. The molecule has 0 aliphatic carbocycles. The van der Waals surface area contributed by atoms with E-state index < -0.39 is 0 Å². The Morgan fingerprint density at radius 2 is 2.25 bits per heavy atom. The van der Waals surface area contributed by atoms with Gasteiger partial charge in [-0.1, -0.05) is 26.0 Å². The predicted molar refractivity (Wildman–Crippen MR) is 65.3 cm³/mol. The number of hydrogen-bond acceptors (Lipinski definition) is 3. The molecule has 1 N–H and O–H groups in total. The van der Waals surface area contributed by atoms with E-state index in [0.29, 0.717) is 5.92 Å². The van der Waals surface area contributed by atoms with Gasteiger partial charge in [-0.25, -0.2) is 4.98 Å². The van der Waals surface area contributed by atoms with Crippen molar-refractivity contribution in [1.29, 1.82) is 0 Å². The summed E-state index contributed by atoms with van der Waals surface area (Å²) in [5.41, 5.74) is 2.16. The van der Waals surface area contributed by atoms with Crippen molar-refractivity contribution < 1.29 is 4.42 Å². The summed E-state index contributed by atoms with van der Waals surface area (Å²) in [5, 5.41) is 3.38. The number of hydrogen-bond donors (Lipinski definition) is 1. The molecule has 2 aromatic rings. The highest BCUT2D eigenvalue weighted by atomic mass is 16.3. The standard InChI is InChI=1S/C13H16N2O/c1-10(2)7-15-12-5-3-4-11(6-12)13-8-14-9-16-13/h3-6,8-10,15H,7H2,1-2H3. The monoisotopic (exact) mass is 216 g/mol. The van der Waals surface area contributed by atoms with Crippen LogP contribution in [0.2, 0.25) is 0 Å². The van der Waals surface area contributed by atoms with Crippen LogP contribution < -0.4 is 5.32 Å². The lowest BCUT2D eigenvalue weighted by molar-refractivity contribution is 0.572. The number of nitrogens with one attached hydrogen (secondary N) is 1. The predicted octanol–water partition coefficient (Wildman–Crippen LogP) is 3.41. The number of aromatic nitrogens is 1. The van der Waals surface area contributed by atoms with Crippen molar-refractivity contribution in [2.45, 2.75) is 13.8 Å². The van der Waals surface area contributed by atoms with Crippen LogP contribution in [0.3, 0.4) is 0 Å². The van der Waals surface area contributed by atoms with Gasteiger partial charge in [-0.2, -0.15) is 0 Å². The van der Waals surface area contributed by atoms with E-state index in [0.717, 1.165) is 23.6 Å². The summed E-state index contributed by atoms with van der Waals surface area (Å²) in [6, 6.07) is 8.16. The zero-order valence-corrected chi connectivity index (χ0v) is 9.60. The van der Waals surface area contributed by atoms with Gasteiger partial charge in [0.05, 0.1) is 6.20 Å². The minimum Gasteiger partial charge on any atom is -0.444 e. The number of nitrogens with zero attached hydrogens (tertiary/aromatic N) is 1. The first kappa shape index (κ1) is 10.7. The summed E-state index contributed by atoms with van der Waals surface area (Å²) < 4.78 is 5.26. The molecule has 3 nitrogen and oxygen atoms in total. The van der Waals surface area contributed by atoms with Crippen molar-refractivity contribution in [3.63, 3.8) is 0 Å². The summed E-state index contributed by atoms with van der Waals surface area (Å²) in [4.78, 5) is 3.92. The quantitative estimate of drug-likeness (QED) is 0.851. The van der Waals surface area contributed by atoms with Gasteiger partial charge in [0.25, 0.3) is 0 Å². The summed E-state index contributed by atoms with van der Waals surface area (Å²) in [5.74, 6) is 1.43. The Kier molecular flexibility index (Phi) is 3.25. The fourth-order valence-electron chi connectivity index (χ4n) is 1.46. The van der Waals surface area contributed by atoms with E-state index in [1.807, 2.05) is 12.1 Å². The smallest absolute Gasteiger partial charge is 0.181 e. The van der Waals surface area contributed by atoms with E-state index >= 15 is 0 Å². The molecule has 0 unspecified atom stereocenters. The molecular formula is C13H16N2O. The molecule has 3 heteroatoms. The van der Waals surface area contributed by atoms with Gasteiger partial charge in [0.15, 0.2) is 12.2 Å². The van der Waals surface area contributed by atoms with E-state index in [2.05, 4.69) is 36.3 Å². The molecule has 84 valence electrons. The minimum absolute atomic E-state index is 0.633. The fourth-order valence-corrected chi connectivity index (χ4v) is 1.46. The Morgan fingerprint density at radius 3 is 2.94 bits per heavy atom. The molecule has 0 spiro atoms. The van der Waals surface area contributed by atoms with Gasteiger partial charge in [-0.05, 0) is 18.1 Å². The van der Waals surface area contributed by atoms with Crippen LogP contribution in [0.15, 0.2) is 41.3 Å². The van der Waals surface area contributed by atoms with Crippen LogP contribution in [-0.4, -0.2) is 11.5 Å². The molecule has 0 aliphatic rings.